The van der Waals surface area contributed by atoms with E-state index in [0.717, 1.165) is 11.8 Å². The van der Waals surface area contributed by atoms with Gasteiger partial charge in [-0.15, -0.1) is 0 Å². The molecule has 5 aliphatic rings. The van der Waals surface area contributed by atoms with Crippen molar-refractivity contribution in [1.82, 2.24) is 10.2 Å². The summed E-state index contributed by atoms with van der Waals surface area (Å²) in [5.41, 5.74) is 1.29. The van der Waals surface area contributed by atoms with Crippen molar-refractivity contribution >= 4 is 0 Å². The van der Waals surface area contributed by atoms with Gasteiger partial charge in [0, 0.05) is 12.1 Å². The predicted molar refractivity (Wildman–Crippen MR) is 79.2 cm³/mol. The minimum Gasteiger partial charge on any atom is -0.319 e. The van der Waals surface area contributed by atoms with Gasteiger partial charge >= 0.3 is 0 Å². The summed E-state index contributed by atoms with van der Waals surface area (Å²) < 4.78 is 0. The highest BCUT2D eigenvalue weighted by molar-refractivity contribution is 5.13. The highest BCUT2D eigenvalue weighted by Gasteiger charge is 2.59. The molecule has 1 heterocycles. The van der Waals surface area contributed by atoms with Gasteiger partial charge in [-0.05, 0) is 88.8 Å². The van der Waals surface area contributed by atoms with Crippen LogP contribution in [0.25, 0.3) is 0 Å². The van der Waals surface area contributed by atoms with Crippen LogP contribution in [0.3, 0.4) is 0 Å². The molecular formula is C17H30N2. The van der Waals surface area contributed by atoms with Crippen LogP contribution in [-0.4, -0.2) is 37.1 Å². The topological polar surface area (TPSA) is 15.3 Å². The minimum atomic E-state index is 0.626. The Kier molecular flexibility index (Phi) is 2.97. The predicted octanol–water partition coefficient (Wildman–Crippen LogP) is 3.03. The second-order valence-corrected chi connectivity index (χ2v) is 8.26. The van der Waals surface area contributed by atoms with Crippen LogP contribution in [0.15, 0.2) is 0 Å². The number of rotatable bonds is 3. The van der Waals surface area contributed by atoms with E-state index in [1.54, 1.807) is 6.42 Å². The van der Waals surface area contributed by atoms with Gasteiger partial charge in [-0.1, -0.05) is 6.42 Å². The average molecular weight is 262 g/mol. The van der Waals surface area contributed by atoms with Gasteiger partial charge in [-0.2, -0.15) is 0 Å². The summed E-state index contributed by atoms with van der Waals surface area (Å²) in [6, 6.07) is 0. The van der Waals surface area contributed by atoms with E-state index in [4.69, 9.17) is 0 Å². The Balaban J connectivity index is 1.62. The van der Waals surface area contributed by atoms with Crippen LogP contribution in [0.4, 0.5) is 0 Å². The molecule has 108 valence electrons. The van der Waals surface area contributed by atoms with Gasteiger partial charge in [0.15, 0.2) is 0 Å². The Morgan fingerprint density at radius 1 is 1.00 bits per heavy atom. The molecule has 0 aromatic rings. The molecule has 1 saturated heterocycles. The van der Waals surface area contributed by atoms with Gasteiger partial charge in [0.1, 0.15) is 0 Å². The van der Waals surface area contributed by atoms with Crippen molar-refractivity contribution in [2.45, 2.75) is 63.3 Å². The molecule has 0 spiro atoms. The molecule has 0 aromatic heterocycles. The Hall–Kier alpha value is -0.0800. The van der Waals surface area contributed by atoms with E-state index in [1.807, 2.05) is 0 Å². The lowest BCUT2D eigenvalue weighted by atomic mass is 9.46. The highest BCUT2D eigenvalue weighted by Crippen LogP contribution is 2.63. The molecule has 2 atom stereocenters. The summed E-state index contributed by atoms with van der Waals surface area (Å²) in [6.07, 6.45) is 13.6. The van der Waals surface area contributed by atoms with Crippen molar-refractivity contribution in [2.75, 3.05) is 26.7 Å². The van der Waals surface area contributed by atoms with E-state index < -0.39 is 0 Å². The Labute approximate surface area is 118 Å². The molecule has 0 radical (unpaired) electrons. The normalized spacial score (nSPS) is 49.7. The molecule has 4 saturated carbocycles. The Morgan fingerprint density at radius 3 is 2.32 bits per heavy atom. The van der Waals surface area contributed by atoms with Crippen molar-refractivity contribution in [1.29, 1.82) is 0 Å². The molecule has 1 N–H and O–H groups in total. The van der Waals surface area contributed by atoms with Gasteiger partial charge in [0.2, 0.25) is 0 Å². The molecule has 5 fully saturated rings. The third-order valence-electron chi connectivity index (χ3n) is 6.73. The fourth-order valence-electron chi connectivity index (χ4n) is 6.72. The third kappa shape index (κ3) is 1.98. The minimum absolute atomic E-state index is 0.626. The lowest BCUT2D eigenvalue weighted by molar-refractivity contribution is -0.135. The van der Waals surface area contributed by atoms with Gasteiger partial charge < -0.3 is 5.32 Å². The van der Waals surface area contributed by atoms with Crippen LogP contribution in [-0.2, 0) is 0 Å². The fraction of sp³-hybridized carbons (Fsp3) is 1.00. The zero-order chi connectivity index (χ0) is 12.9. The maximum atomic E-state index is 3.53. The van der Waals surface area contributed by atoms with Gasteiger partial charge in [0.25, 0.3) is 0 Å². The number of likely N-dealkylation sites (tertiary alicyclic amines) is 1. The number of nitrogens with one attached hydrogen (secondary N) is 1. The number of nitrogens with zero attached hydrogens (tertiary/aromatic N) is 1. The molecular weight excluding hydrogens is 232 g/mol. The largest absolute Gasteiger partial charge is 0.319 e. The zero-order valence-corrected chi connectivity index (χ0v) is 12.6. The zero-order valence-electron chi connectivity index (χ0n) is 12.6. The lowest BCUT2D eigenvalue weighted by Gasteiger charge is -2.65. The monoisotopic (exact) mass is 262 g/mol. The average Bonchev–Trinajstić information content (AvgIpc) is 2.38. The van der Waals surface area contributed by atoms with E-state index in [0.29, 0.717) is 11.0 Å². The van der Waals surface area contributed by atoms with E-state index >= 15 is 0 Å². The Morgan fingerprint density at radius 2 is 1.68 bits per heavy atom. The van der Waals surface area contributed by atoms with Crippen LogP contribution in [0.1, 0.15) is 57.8 Å². The second kappa shape index (κ2) is 4.46. The summed E-state index contributed by atoms with van der Waals surface area (Å²) in [4.78, 5) is 2.94. The molecule has 2 heteroatoms. The van der Waals surface area contributed by atoms with Crippen LogP contribution in [0, 0.1) is 17.3 Å². The Bertz CT molecular complexity index is 331. The first-order valence-electron chi connectivity index (χ1n) is 8.63. The number of hydrogen-bond acceptors (Lipinski definition) is 2. The van der Waals surface area contributed by atoms with E-state index in [-0.39, 0.29) is 0 Å². The van der Waals surface area contributed by atoms with Gasteiger partial charge in [0.05, 0.1) is 0 Å². The molecule has 5 rings (SSSR count). The first kappa shape index (κ1) is 12.6. The molecule has 2 unspecified atom stereocenters. The fourth-order valence-corrected chi connectivity index (χ4v) is 6.72. The number of piperidine rings is 1. The SMILES string of the molecule is CNCC12CC3CC(C1)CC(N1CCCCC1)(C3)C2. The second-order valence-electron chi connectivity index (χ2n) is 8.26. The summed E-state index contributed by atoms with van der Waals surface area (Å²) in [5.74, 6) is 2.10. The molecule has 1 aliphatic heterocycles. The molecule has 0 aromatic carbocycles. The summed E-state index contributed by atoms with van der Waals surface area (Å²) >= 11 is 0. The molecule has 19 heavy (non-hydrogen) atoms. The van der Waals surface area contributed by atoms with Crippen molar-refractivity contribution in [3.05, 3.63) is 0 Å². The maximum absolute atomic E-state index is 3.53. The first-order chi connectivity index (χ1) is 9.24. The van der Waals surface area contributed by atoms with Crippen LogP contribution >= 0.6 is 0 Å². The number of hydrogen-bond donors (Lipinski definition) is 1. The van der Waals surface area contributed by atoms with Crippen molar-refractivity contribution in [3.8, 4) is 0 Å². The van der Waals surface area contributed by atoms with Crippen LogP contribution in [0.2, 0.25) is 0 Å². The first-order valence-corrected chi connectivity index (χ1v) is 8.63. The maximum Gasteiger partial charge on any atom is 0.0220 e. The van der Waals surface area contributed by atoms with Crippen molar-refractivity contribution < 1.29 is 0 Å². The highest BCUT2D eigenvalue weighted by atomic mass is 15.2. The molecule has 2 nitrogen and oxygen atoms in total. The summed E-state index contributed by atoms with van der Waals surface area (Å²) in [7, 11) is 2.16. The van der Waals surface area contributed by atoms with Crippen molar-refractivity contribution in [2.24, 2.45) is 17.3 Å². The van der Waals surface area contributed by atoms with E-state index in [2.05, 4.69) is 17.3 Å². The third-order valence-corrected chi connectivity index (χ3v) is 6.73. The smallest absolute Gasteiger partial charge is 0.0220 e. The standard InChI is InChI=1S/C17H30N2/c1-18-13-16-8-14-7-15(9-16)11-17(10-14,12-16)19-5-3-2-4-6-19/h14-15,18H,2-13H2,1H3. The summed E-state index contributed by atoms with van der Waals surface area (Å²) in [5, 5.41) is 3.53. The van der Waals surface area contributed by atoms with Crippen LogP contribution < -0.4 is 5.32 Å². The van der Waals surface area contributed by atoms with Gasteiger partial charge in [-0.3, -0.25) is 4.90 Å². The van der Waals surface area contributed by atoms with Crippen molar-refractivity contribution in [3.63, 3.8) is 0 Å². The van der Waals surface area contributed by atoms with E-state index in [1.165, 1.54) is 71.0 Å². The molecule has 0 amide bonds. The van der Waals surface area contributed by atoms with Crippen LogP contribution in [0.5, 0.6) is 0 Å². The summed E-state index contributed by atoms with van der Waals surface area (Å²) in [6.45, 7) is 4.07. The van der Waals surface area contributed by atoms with Gasteiger partial charge in [-0.25, -0.2) is 0 Å². The van der Waals surface area contributed by atoms with E-state index in [9.17, 15) is 0 Å². The lowest BCUT2D eigenvalue weighted by Crippen LogP contribution is -2.65. The quantitative estimate of drug-likeness (QED) is 0.841. The molecule has 4 aliphatic carbocycles. The molecule has 4 bridgehead atoms.